The van der Waals surface area contributed by atoms with Crippen LogP contribution in [-0.4, -0.2) is 5.11 Å². The number of benzene rings is 2. The van der Waals surface area contributed by atoms with Gasteiger partial charge in [0.2, 0.25) is 0 Å². The van der Waals surface area contributed by atoms with Crippen molar-refractivity contribution in [3.05, 3.63) is 68.7 Å². The fraction of sp³-hybridized carbons (Fsp3) is 0.294. The molecule has 0 saturated carbocycles. The zero-order chi connectivity index (χ0) is 14.7. The largest absolute Gasteiger partial charge is 0.384 e. The summed E-state index contributed by atoms with van der Waals surface area (Å²) in [5, 5.41) is 11.4. The van der Waals surface area contributed by atoms with Gasteiger partial charge in [-0.1, -0.05) is 67.4 Å². The first-order valence-corrected chi connectivity index (χ1v) is 7.57. The van der Waals surface area contributed by atoms with E-state index in [0.717, 1.165) is 18.4 Å². The molecule has 3 heteroatoms. The van der Waals surface area contributed by atoms with Crippen molar-refractivity contribution in [1.82, 2.24) is 0 Å². The standard InChI is InChI=1S/C17H18Cl2O/c1-3-11-8-9-13(10-12(11)4-2)17(20)14-6-5-7-15(18)16(14)19/h5-10,17,20H,3-4H2,1-2H3. The van der Waals surface area contributed by atoms with Crippen LogP contribution in [0, 0.1) is 0 Å². The predicted octanol–water partition coefficient (Wildman–Crippen LogP) is 5.20. The summed E-state index contributed by atoms with van der Waals surface area (Å²) in [7, 11) is 0. The maximum absolute atomic E-state index is 10.5. The number of rotatable bonds is 4. The first-order valence-electron chi connectivity index (χ1n) is 6.82. The van der Waals surface area contributed by atoms with E-state index in [0.29, 0.717) is 15.6 Å². The van der Waals surface area contributed by atoms with Crippen LogP contribution in [0.5, 0.6) is 0 Å². The second kappa shape index (κ2) is 6.62. The molecule has 0 amide bonds. The molecule has 0 heterocycles. The van der Waals surface area contributed by atoms with Gasteiger partial charge < -0.3 is 5.11 Å². The summed E-state index contributed by atoms with van der Waals surface area (Å²) in [6.45, 7) is 4.26. The predicted molar refractivity (Wildman–Crippen MR) is 85.7 cm³/mol. The summed E-state index contributed by atoms with van der Waals surface area (Å²) >= 11 is 12.2. The van der Waals surface area contributed by atoms with Crippen LogP contribution in [0.3, 0.4) is 0 Å². The molecule has 1 unspecified atom stereocenters. The highest BCUT2D eigenvalue weighted by molar-refractivity contribution is 6.42. The highest BCUT2D eigenvalue weighted by Crippen LogP contribution is 2.33. The van der Waals surface area contributed by atoms with Crippen LogP contribution < -0.4 is 0 Å². The molecule has 0 bridgehead atoms. The lowest BCUT2D eigenvalue weighted by atomic mass is 9.95. The number of aliphatic hydroxyl groups is 1. The van der Waals surface area contributed by atoms with Crippen molar-refractivity contribution in [2.45, 2.75) is 32.8 Å². The topological polar surface area (TPSA) is 20.2 Å². The maximum Gasteiger partial charge on any atom is 0.106 e. The molecule has 0 aromatic heterocycles. The van der Waals surface area contributed by atoms with Gasteiger partial charge in [-0.05, 0) is 35.6 Å². The zero-order valence-corrected chi connectivity index (χ0v) is 13.2. The van der Waals surface area contributed by atoms with Crippen molar-refractivity contribution >= 4 is 23.2 Å². The molecule has 1 N–H and O–H groups in total. The minimum Gasteiger partial charge on any atom is -0.384 e. The number of halogens is 2. The second-order valence-corrected chi connectivity index (χ2v) is 5.57. The van der Waals surface area contributed by atoms with Crippen LogP contribution in [0.1, 0.15) is 42.2 Å². The quantitative estimate of drug-likeness (QED) is 0.823. The normalized spacial score (nSPS) is 12.4. The van der Waals surface area contributed by atoms with E-state index in [2.05, 4.69) is 26.0 Å². The molecular weight excluding hydrogens is 291 g/mol. The van der Waals surface area contributed by atoms with Crippen LogP contribution in [-0.2, 0) is 12.8 Å². The highest BCUT2D eigenvalue weighted by atomic mass is 35.5. The van der Waals surface area contributed by atoms with Gasteiger partial charge in [-0.3, -0.25) is 0 Å². The van der Waals surface area contributed by atoms with Gasteiger partial charge in [0.25, 0.3) is 0 Å². The first-order chi connectivity index (χ1) is 9.58. The van der Waals surface area contributed by atoms with E-state index in [1.54, 1.807) is 18.2 Å². The number of hydrogen-bond donors (Lipinski definition) is 1. The van der Waals surface area contributed by atoms with E-state index < -0.39 is 6.10 Å². The molecule has 0 aliphatic heterocycles. The molecule has 0 saturated heterocycles. The van der Waals surface area contributed by atoms with Gasteiger partial charge in [0.05, 0.1) is 10.0 Å². The third-order valence-corrected chi connectivity index (χ3v) is 4.42. The van der Waals surface area contributed by atoms with Gasteiger partial charge in [0.1, 0.15) is 6.10 Å². The van der Waals surface area contributed by atoms with E-state index in [1.165, 1.54) is 11.1 Å². The summed E-state index contributed by atoms with van der Waals surface area (Å²) in [6.07, 6.45) is 1.20. The highest BCUT2D eigenvalue weighted by Gasteiger charge is 2.16. The van der Waals surface area contributed by atoms with Gasteiger partial charge in [0, 0.05) is 5.56 Å². The Morgan fingerprint density at radius 3 is 2.35 bits per heavy atom. The van der Waals surface area contributed by atoms with E-state index in [1.807, 2.05) is 6.07 Å². The van der Waals surface area contributed by atoms with Crippen molar-refractivity contribution in [2.24, 2.45) is 0 Å². The first kappa shape index (κ1) is 15.4. The Bertz CT molecular complexity index is 608. The van der Waals surface area contributed by atoms with Gasteiger partial charge in [-0.2, -0.15) is 0 Å². The van der Waals surface area contributed by atoms with E-state index in [-0.39, 0.29) is 0 Å². The molecule has 0 radical (unpaired) electrons. The van der Waals surface area contributed by atoms with Crippen LogP contribution in [0.4, 0.5) is 0 Å². The molecule has 20 heavy (non-hydrogen) atoms. The van der Waals surface area contributed by atoms with Crippen molar-refractivity contribution < 1.29 is 5.11 Å². The van der Waals surface area contributed by atoms with Crippen molar-refractivity contribution in [1.29, 1.82) is 0 Å². The molecule has 1 nitrogen and oxygen atoms in total. The Morgan fingerprint density at radius 2 is 1.70 bits per heavy atom. The average molecular weight is 309 g/mol. The molecular formula is C17H18Cl2O. The van der Waals surface area contributed by atoms with Crippen LogP contribution >= 0.6 is 23.2 Å². The minimum absolute atomic E-state index is 0.416. The van der Waals surface area contributed by atoms with Crippen molar-refractivity contribution in [3.8, 4) is 0 Å². The molecule has 1 atom stereocenters. The van der Waals surface area contributed by atoms with Crippen LogP contribution in [0.15, 0.2) is 36.4 Å². The molecule has 2 aromatic rings. The van der Waals surface area contributed by atoms with Crippen molar-refractivity contribution in [3.63, 3.8) is 0 Å². The molecule has 2 rings (SSSR count). The Hall–Kier alpha value is -1.02. The average Bonchev–Trinajstić information content (AvgIpc) is 2.48. The minimum atomic E-state index is -0.752. The third-order valence-electron chi connectivity index (χ3n) is 3.58. The molecule has 0 aliphatic carbocycles. The molecule has 0 fully saturated rings. The van der Waals surface area contributed by atoms with Crippen molar-refractivity contribution in [2.75, 3.05) is 0 Å². The summed E-state index contributed by atoms with van der Waals surface area (Å²) < 4.78 is 0. The third kappa shape index (κ3) is 3.01. The van der Waals surface area contributed by atoms with Gasteiger partial charge in [0.15, 0.2) is 0 Å². The molecule has 106 valence electrons. The summed E-state index contributed by atoms with van der Waals surface area (Å²) in [5.41, 5.74) is 4.08. The zero-order valence-electron chi connectivity index (χ0n) is 11.7. The monoisotopic (exact) mass is 308 g/mol. The SMILES string of the molecule is CCc1ccc(C(O)c2cccc(Cl)c2Cl)cc1CC. The van der Waals surface area contributed by atoms with Gasteiger partial charge >= 0.3 is 0 Å². The van der Waals surface area contributed by atoms with E-state index in [4.69, 9.17) is 23.2 Å². The number of hydrogen-bond acceptors (Lipinski definition) is 1. The number of aryl methyl sites for hydroxylation is 2. The Kier molecular flexibility index (Phi) is 5.09. The lowest BCUT2D eigenvalue weighted by molar-refractivity contribution is 0.220. The van der Waals surface area contributed by atoms with Crippen LogP contribution in [0.25, 0.3) is 0 Å². The number of aliphatic hydroxyl groups excluding tert-OH is 1. The van der Waals surface area contributed by atoms with E-state index >= 15 is 0 Å². The summed E-state index contributed by atoms with van der Waals surface area (Å²) in [4.78, 5) is 0. The molecule has 2 aromatic carbocycles. The summed E-state index contributed by atoms with van der Waals surface area (Å²) in [5.74, 6) is 0. The van der Waals surface area contributed by atoms with Gasteiger partial charge in [-0.25, -0.2) is 0 Å². The fourth-order valence-corrected chi connectivity index (χ4v) is 2.81. The Morgan fingerprint density at radius 1 is 1.00 bits per heavy atom. The van der Waals surface area contributed by atoms with Crippen LogP contribution in [0.2, 0.25) is 10.0 Å². The molecule has 0 spiro atoms. The Labute approximate surface area is 130 Å². The second-order valence-electron chi connectivity index (χ2n) is 4.78. The fourth-order valence-electron chi connectivity index (χ4n) is 2.40. The maximum atomic E-state index is 10.5. The van der Waals surface area contributed by atoms with E-state index in [9.17, 15) is 5.11 Å². The lowest BCUT2D eigenvalue weighted by Gasteiger charge is -2.16. The summed E-state index contributed by atoms with van der Waals surface area (Å²) in [6, 6.07) is 11.4. The smallest absolute Gasteiger partial charge is 0.106 e. The Balaban J connectivity index is 2.43. The van der Waals surface area contributed by atoms with Gasteiger partial charge in [-0.15, -0.1) is 0 Å². The molecule has 0 aliphatic rings. The lowest BCUT2D eigenvalue weighted by Crippen LogP contribution is -2.03.